The lowest BCUT2D eigenvalue weighted by molar-refractivity contribution is -0.215. The molecule has 1 aliphatic rings. The third-order valence-electron chi connectivity index (χ3n) is 5.14. The summed E-state index contributed by atoms with van der Waals surface area (Å²) in [4.78, 5) is 24.3. The number of carbonyl (C=O) groups excluding carboxylic acids is 2. The Morgan fingerprint density at radius 1 is 1.29 bits per heavy atom. The van der Waals surface area contributed by atoms with Gasteiger partial charge in [-0.25, -0.2) is 4.39 Å². The van der Waals surface area contributed by atoms with Gasteiger partial charge in [0.15, 0.2) is 17.7 Å². The van der Waals surface area contributed by atoms with Gasteiger partial charge < -0.3 is 25.3 Å². The summed E-state index contributed by atoms with van der Waals surface area (Å²) in [6.45, 7) is 1.22. The molecule has 1 aromatic heterocycles. The highest BCUT2D eigenvalue weighted by molar-refractivity contribution is 5.92. The van der Waals surface area contributed by atoms with Crippen LogP contribution in [0.15, 0.2) is 30.5 Å². The number of amides is 2. The minimum atomic E-state index is -4.51. The van der Waals surface area contributed by atoms with Gasteiger partial charge in [-0.3, -0.25) is 14.6 Å². The minimum absolute atomic E-state index is 0.0471. The van der Waals surface area contributed by atoms with Gasteiger partial charge >= 0.3 is 6.18 Å². The predicted octanol–water partition coefficient (Wildman–Crippen LogP) is 3.42. The maximum absolute atomic E-state index is 14.0. The van der Waals surface area contributed by atoms with E-state index in [9.17, 15) is 31.5 Å². The zero-order valence-corrected chi connectivity index (χ0v) is 18.8. The molecule has 0 saturated carbocycles. The van der Waals surface area contributed by atoms with Crippen LogP contribution in [-0.4, -0.2) is 56.5 Å². The first kappa shape index (κ1) is 27.9. The van der Waals surface area contributed by atoms with Crippen molar-refractivity contribution in [3.8, 4) is 5.75 Å². The van der Waals surface area contributed by atoms with Gasteiger partial charge in [0.2, 0.25) is 12.2 Å². The molecule has 3 atom stereocenters. The molecule has 0 radical (unpaired) electrons. The smallest absolute Gasteiger partial charge is 0.414 e. The van der Waals surface area contributed by atoms with Crippen LogP contribution < -0.4 is 15.8 Å². The first-order chi connectivity index (χ1) is 16.5. The quantitative estimate of drug-likeness (QED) is 0.323. The Kier molecular flexibility index (Phi) is 9.89. The molecule has 2 heterocycles. The Hall–Kier alpha value is -3.32. The Bertz CT molecular complexity index is 1020. The zero-order chi connectivity index (χ0) is 26.2. The van der Waals surface area contributed by atoms with Crippen LogP contribution in [0.5, 0.6) is 5.75 Å². The molecule has 192 valence electrons. The number of hydrogen-bond donors (Lipinski definition) is 2. The van der Waals surface area contributed by atoms with Crippen LogP contribution in [0.25, 0.3) is 0 Å². The van der Waals surface area contributed by atoms with Gasteiger partial charge in [0, 0.05) is 36.4 Å². The summed E-state index contributed by atoms with van der Waals surface area (Å²) in [7, 11) is 1.41. The SMILES string of the molecule is COCCOc1c(C2COC(C(F)(F)F)C2C)ccc(F)c1F.NC(=O)c1cc(NC=O)ccn1. The maximum Gasteiger partial charge on any atom is 0.414 e. The van der Waals surface area contributed by atoms with Crippen LogP contribution in [0.2, 0.25) is 0 Å². The van der Waals surface area contributed by atoms with Gasteiger partial charge in [-0.1, -0.05) is 13.0 Å². The third kappa shape index (κ3) is 7.33. The largest absolute Gasteiger partial charge is 0.488 e. The number of primary amides is 1. The van der Waals surface area contributed by atoms with Gasteiger partial charge in [-0.05, 0) is 18.2 Å². The minimum Gasteiger partial charge on any atom is -0.488 e. The van der Waals surface area contributed by atoms with E-state index in [1.807, 2.05) is 0 Å². The highest BCUT2D eigenvalue weighted by Crippen LogP contribution is 2.45. The van der Waals surface area contributed by atoms with Crippen molar-refractivity contribution in [1.29, 1.82) is 0 Å². The van der Waals surface area contributed by atoms with E-state index in [4.69, 9.17) is 19.9 Å². The first-order valence-electron chi connectivity index (χ1n) is 10.2. The number of anilines is 1. The number of carbonyl (C=O) groups is 2. The summed E-state index contributed by atoms with van der Waals surface area (Å²) >= 11 is 0. The fraction of sp³-hybridized carbons (Fsp3) is 0.409. The summed E-state index contributed by atoms with van der Waals surface area (Å²) < 4.78 is 80.9. The second kappa shape index (κ2) is 12.4. The molecular weight excluding hydrogens is 481 g/mol. The highest BCUT2D eigenvalue weighted by atomic mass is 19.4. The standard InChI is InChI=1S/C15H17F5O3.C7H7N3O2/c1-8-10(7-23-14(8)15(18,19)20)9-3-4-11(16)12(17)13(9)22-6-5-21-2;8-7(12)6-3-5(10-4-11)1-2-9-6/h3-4,8,10,14H,5-7H2,1-2H3;1-4H,(H2,8,12)(H,9,10,11). The number of rotatable bonds is 8. The van der Waals surface area contributed by atoms with E-state index >= 15 is 0 Å². The average molecular weight is 505 g/mol. The fourth-order valence-electron chi connectivity index (χ4n) is 3.42. The Balaban J connectivity index is 0.000000303. The maximum atomic E-state index is 14.0. The molecule has 3 N–H and O–H groups in total. The molecule has 1 aliphatic heterocycles. The normalized spacial score (nSPS) is 19.5. The van der Waals surface area contributed by atoms with Crippen molar-refractivity contribution in [2.75, 3.05) is 32.2 Å². The van der Waals surface area contributed by atoms with E-state index < -0.39 is 41.7 Å². The van der Waals surface area contributed by atoms with E-state index in [-0.39, 0.29) is 36.8 Å². The number of nitrogens with two attached hydrogens (primary N) is 1. The van der Waals surface area contributed by atoms with E-state index in [2.05, 4.69) is 10.3 Å². The van der Waals surface area contributed by atoms with Crippen molar-refractivity contribution >= 4 is 18.0 Å². The van der Waals surface area contributed by atoms with Crippen LogP contribution in [0.4, 0.5) is 27.6 Å². The number of methoxy groups -OCH3 is 1. The van der Waals surface area contributed by atoms with E-state index in [0.29, 0.717) is 12.1 Å². The Morgan fingerprint density at radius 3 is 2.57 bits per heavy atom. The van der Waals surface area contributed by atoms with Crippen LogP contribution in [0.3, 0.4) is 0 Å². The number of nitrogens with one attached hydrogen (secondary N) is 1. The van der Waals surface area contributed by atoms with Crippen LogP contribution >= 0.6 is 0 Å². The van der Waals surface area contributed by atoms with Crippen LogP contribution in [-0.2, 0) is 14.3 Å². The summed E-state index contributed by atoms with van der Waals surface area (Å²) in [6.07, 6.45) is -4.54. The second-order valence-corrected chi connectivity index (χ2v) is 7.44. The molecule has 3 unspecified atom stereocenters. The van der Waals surface area contributed by atoms with Crippen molar-refractivity contribution in [1.82, 2.24) is 4.98 Å². The number of hydrogen-bond acceptors (Lipinski definition) is 6. The number of pyridine rings is 1. The van der Waals surface area contributed by atoms with Gasteiger partial charge in [0.25, 0.3) is 5.91 Å². The summed E-state index contributed by atoms with van der Waals surface area (Å²) in [5.74, 6) is -5.03. The molecule has 3 rings (SSSR count). The Labute approximate surface area is 197 Å². The van der Waals surface area contributed by atoms with Crippen LogP contribution in [0, 0.1) is 17.6 Å². The van der Waals surface area contributed by atoms with Crippen molar-refractivity contribution in [3.05, 3.63) is 53.4 Å². The van der Waals surface area contributed by atoms with E-state index in [0.717, 1.165) is 6.07 Å². The molecule has 1 aromatic carbocycles. The molecule has 0 bridgehead atoms. The number of benzene rings is 1. The third-order valence-corrected chi connectivity index (χ3v) is 5.14. The zero-order valence-electron chi connectivity index (χ0n) is 18.8. The first-order valence-corrected chi connectivity index (χ1v) is 10.2. The molecule has 2 aromatic rings. The van der Waals surface area contributed by atoms with Gasteiger partial charge in [0.05, 0.1) is 13.2 Å². The number of ether oxygens (including phenoxy) is 3. The molecule has 35 heavy (non-hydrogen) atoms. The molecule has 2 amide bonds. The lowest BCUT2D eigenvalue weighted by Crippen LogP contribution is -2.33. The predicted molar refractivity (Wildman–Crippen MR) is 114 cm³/mol. The summed E-state index contributed by atoms with van der Waals surface area (Å²) in [5, 5.41) is 2.37. The van der Waals surface area contributed by atoms with Crippen molar-refractivity contribution < 1.29 is 45.8 Å². The summed E-state index contributed by atoms with van der Waals surface area (Å²) in [5.41, 5.74) is 5.75. The lowest BCUT2D eigenvalue weighted by Gasteiger charge is -2.22. The highest BCUT2D eigenvalue weighted by Gasteiger charge is 2.51. The van der Waals surface area contributed by atoms with Crippen molar-refractivity contribution in [2.24, 2.45) is 11.7 Å². The number of alkyl halides is 3. The Morgan fingerprint density at radius 2 is 2.00 bits per heavy atom. The second-order valence-electron chi connectivity index (χ2n) is 7.44. The topological polar surface area (TPSA) is 113 Å². The molecular formula is C22H24F5N3O5. The molecule has 1 saturated heterocycles. The van der Waals surface area contributed by atoms with Crippen molar-refractivity contribution in [2.45, 2.75) is 25.1 Å². The van der Waals surface area contributed by atoms with Gasteiger partial charge in [-0.15, -0.1) is 0 Å². The number of aromatic nitrogens is 1. The monoisotopic (exact) mass is 505 g/mol. The van der Waals surface area contributed by atoms with Gasteiger partial charge in [-0.2, -0.15) is 17.6 Å². The van der Waals surface area contributed by atoms with Crippen LogP contribution in [0.1, 0.15) is 28.9 Å². The molecule has 1 fully saturated rings. The number of halogens is 5. The van der Waals surface area contributed by atoms with E-state index in [1.165, 1.54) is 32.4 Å². The van der Waals surface area contributed by atoms with Gasteiger partial charge in [0.1, 0.15) is 12.3 Å². The molecule has 0 aliphatic carbocycles. The fourth-order valence-corrected chi connectivity index (χ4v) is 3.42. The average Bonchev–Trinajstić information content (AvgIpc) is 3.19. The molecule has 13 heteroatoms. The lowest BCUT2D eigenvalue weighted by atomic mass is 9.86. The summed E-state index contributed by atoms with van der Waals surface area (Å²) in [6, 6.07) is 5.07. The van der Waals surface area contributed by atoms with E-state index in [1.54, 1.807) is 6.07 Å². The molecule has 8 nitrogen and oxygen atoms in total. The number of nitrogens with zero attached hydrogens (tertiary/aromatic N) is 1. The molecule has 0 spiro atoms. The van der Waals surface area contributed by atoms with Crippen molar-refractivity contribution in [3.63, 3.8) is 0 Å².